The molecule has 2 heterocycles. The van der Waals surface area contributed by atoms with E-state index in [2.05, 4.69) is 16.8 Å². The van der Waals surface area contributed by atoms with Gasteiger partial charge in [-0.3, -0.25) is 19.1 Å². The number of carbonyl (C=O) groups is 1. The molecule has 1 aliphatic rings. The number of aliphatic hydroxyl groups is 2. The Balaban J connectivity index is 2.23. The Bertz CT molecular complexity index is 872. The maximum absolute atomic E-state index is 12.6. The summed E-state index contributed by atoms with van der Waals surface area (Å²) in [6.45, 7) is 1.06. The van der Waals surface area contributed by atoms with Gasteiger partial charge in [0, 0.05) is 19.2 Å². The van der Waals surface area contributed by atoms with Crippen molar-refractivity contribution < 1.29 is 28.5 Å². The summed E-state index contributed by atoms with van der Waals surface area (Å²) in [6, 6.07) is 0. The summed E-state index contributed by atoms with van der Waals surface area (Å²) in [5.74, 6) is 3.60. The second-order valence-electron chi connectivity index (χ2n) is 6.19. The summed E-state index contributed by atoms with van der Waals surface area (Å²) in [4.78, 5) is 38.3. The van der Waals surface area contributed by atoms with Crippen molar-refractivity contribution in [1.29, 1.82) is 0 Å². The van der Waals surface area contributed by atoms with Gasteiger partial charge in [0.1, 0.15) is 17.9 Å². The van der Waals surface area contributed by atoms with Crippen molar-refractivity contribution in [2.24, 2.45) is 0 Å². The Labute approximate surface area is 158 Å². The van der Waals surface area contributed by atoms with E-state index in [4.69, 9.17) is 9.84 Å². The molecule has 1 aromatic rings. The Morgan fingerprint density at radius 3 is 2.79 bits per heavy atom. The summed E-state index contributed by atoms with van der Waals surface area (Å²) < 4.78 is 31.6. The first-order valence-electron chi connectivity index (χ1n) is 8.64. The van der Waals surface area contributed by atoms with E-state index < -0.39 is 48.6 Å². The number of aromatic nitrogens is 2. The number of nitrogens with one attached hydrogen (secondary N) is 1. The van der Waals surface area contributed by atoms with Crippen molar-refractivity contribution in [1.82, 2.24) is 14.5 Å². The van der Waals surface area contributed by atoms with Crippen LogP contribution in [-0.4, -0.2) is 68.9 Å². The van der Waals surface area contributed by atoms with E-state index in [1.807, 2.05) is 0 Å². The van der Waals surface area contributed by atoms with E-state index in [9.17, 15) is 28.3 Å². The van der Waals surface area contributed by atoms with E-state index in [0.29, 0.717) is 6.42 Å². The van der Waals surface area contributed by atoms with Crippen LogP contribution in [0.15, 0.2) is 15.8 Å². The maximum atomic E-state index is 12.6. The molecular formula is C17H21F2N3O6. The number of aliphatic hydroxyl groups excluding tert-OH is 2. The fourth-order valence-electron chi connectivity index (χ4n) is 2.74. The van der Waals surface area contributed by atoms with Crippen LogP contribution in [0.1, 0.15) is 31.6 Å². The molecular weight excluding hydrogens is 380 g/mol. The van der Waals surface area contributed by atoms with Gasteiger partial charge in [-0.15, -0.1) is 0 Å². The van der Waals surface area contributed by atoms with Gasteiger partial charge in [0.25, 0.3) is 11.5 Å². The number of amides is 1. The highest BCUT2D eigenvalue weighted by Crippen LogP contribution is 2.27. The number of carbonyl (C=O) groups excluding carboxylic acids is 1. The molecule has 0 aromatic carbocycles. The lowest BCUT2D eigenvalue weighted by atomic mass is 10.2. The Hall–Kier alpha value is -2.55. The number of rotatable bonds is 6. The fraction of sp³-hybridized carbons (Fsp3) is 0.588. The molecule has 1 unspecified atom stereocenters. The third kappa shape index (κ3) is 5.03. The largest absolute Gasteiger partial charge is 0.394 e. The van der Waals surface area contributed by atoms with Crippen LogP contribution in [0, 0.1) is 11.8 Å². The molecule has 1 aromatic heterocycles. The predicted molar refractivity (Wildman–Crippen MR) is 92.7 cm³/mol. The van der Waals surface area contributed by atoms with Crippen LogP contribution in [0.5, 0.6) is 0 Å². The molecule has 3 atom stereocenters. The average molecular weight is 401 g/mol. The number of nitrogens with zero attached hydrogens (tertiary/aromatic N) is 2. The van der Waals surface area contributed by atoms with Crippen LogP contribution in [0.4, 0.5) is 8.78 Å². The number of halogens is 2. The van der Waals surface area contributed by atoms with Gasteiger partial charge >= 0.3 is 12.1 Å². The highest BCUT2D eigenvalue weighted by atomic mass is 19.3. The van der Waals surface area contributed by atoms with Crippen LogP contribution in [0.2, 0.25) is 0 Å². The molecule has 11 heteroatoms. The molecule has 1 aliphatic heterocycles. The summed E-state index contributed by atoms with van der Waals surface area (Å²) >= 11 is 0. The predicted octanol–water partition coefficient (Wildman–Crippen LogP) is -0.967. The fourth-order valence-corrected chi connectivity index (χ4v) is 2.74. The van der Waals surface area contributed by atoms with Crippen LogP contribution >= 0.6 is 0 Å². The number of alkyl halides is 2. The molecule has 0 spiro atoms. The Kier molecular flexibility index (Phi) is 7.45. The molecule has 1 saturated heterocycles. The second kappa shape index (κ2) is 9.59. The molecule has 0 saturated carbocycles. The van der Waals surface area contributed by atoms with Gasteiger partial charge in [0.05, 0.1) is 19.3 Å². The average Bonchev–Trinajstić information content (AvgIpc) is 3.02. The number of hydrogen-bond donors (Lipinski definition) is 3. The summed E-state index contributed by atoms with van der Waals surface area (Å²) in [6.07, 6.45) is -4.29. The van der Waals surface area contributed by atoms with Gasteiger partial charge in [0.15, 0.2) is 0 Å². The standard InChI is InChI=1S/C17H21F2N3O6/c1-2-5-21(16(26)14(18)19)6-3-4-10-8-22(17(27)20-15(10)25)13-7-11(24)12(9-23)28-13/h8,11-14,23-24H,2,5-7,9H2,1H3,(H,20,25,27)/t11?,12-,13-/m1/s1. The zero-order valence-electron chi connectivity index (χ0n) is 15.1. The first-order chi connectivity index (χ1) is 13.3. The molecule has 9 nitrogen and oxygen atoms in total. The SMILES string of the molecule is CCCN(CC#Cc1cn([C@H]2CC(O)[C@@H](CO)O2)c(=O)[nH]c1=O)C(=O)C(F)F. The molecule has 154 valence electrons. The quantitative estimate of drug-likeness (QED) is 0.527. The van der Waals surface area contributed by atoms with Crippen molar-refractivity contribution >= 4 is 5.91 Å². The van der Waals surface area contributed by atoms with E-state index in [0.717, 1.165) is 15.7 Å². The van der Waals surface area contributed by atoms with E-state index in [1.54, 1.807) is 6.92 Å². The first kappa shape index (κ1) is 21.7. The highest BCUT2D eigenvalue weighted by molar-refractivity contribution is 5.79. The zero-order valence-corrected chi connectivity index (χ0v) is 15.1. The summed E-state index contributed by atoms with van der Waals surface area (Å²) in [5.41, 5.74) is -1.70. The van der Waals surface area contributed by atoms with Crippen molar-refractivity contribution in [2.45, 2.75) is 44.6 Å². The Morgan fingerprint density at radius 1 is 1.50 bits per heavy atom. The van der Waals surface area contributed by atoms with Gasteiger partial charge in [-0.2, -0.15) is 8.78 Å². The van der Waals surface area contributed by atoms with E-state index in [-0.39, 0.29) is 25.1 Å². The van der Waals surface area contributed by atoms with Crippen LogP contribution < -0.4 is 11.2 Å². The summed E-state index contributed by atoms with van der Waals surface area (Å²) in [5, 5.41) is 18.9. The third-order valence-corrected chi connectivity index (χ3v) is 4.15. The van der Waals surface area contributed by atoms with Crippen molar-refractivity contribution in [3.63, 3.8) is 0 Å². The molecule has 0 bridgehead atoms. The zero-order chi connectivity index (χ0) is 20.8. The number of aromatic amines is 1. The van der Waals surface area contributed by atoms with Crippen LogP contribution in [0.25, 0.3) is 0 Å². The lowest BCUT2D eigenvalue weighted by Crippen LogP contribution is -2.36. The van der Waals surface area contributed by atoms with Crippen molar-refractivity contribution in [3.05, 3.63) is 32.6 Å². The van der Waals surface area contributed by atoms with Crippen LogP contribution in [-0.2, 0) is 9.53 Å². The minimum absolute atomic E-state index is 0.0250. The van der Waals surface area contributed by atoms with Crippen molar-refractivity contribution in [3.8, 4) is 11.8 Å². The Morgan fingerprint density at radius 2 is 2.21 bits per heavy atom. The van der Waals surface area contributed by atoms with E-state index >= 15 is 0 Å². The smallest absolute Gasteiger partial charge is 0.330 e. The highest BCUT2D eigenvalue weighted by Gasteiger charge is 2.35. The molecule has 0 aliphatic carbocycles. The van der Waals surface area contributed by atoms with Crippen LogP contribution in [0.3, 0.4) is 0 Å². The topological polar surface area (TPSA) is 125 Å². The molecule has 1 fully saturated rings. The molecule has 2 rings (SSSR count). The van der Waals surface area contributed by atoms with Gasteiger partial charge in [-0.1, -0.05) is 18.8 Å². The first-order valence-corrected chi connectivity index (χ1v) is 8.64. The molecule has 3 N–H and O–H groups in total. The second-order valence-corrected chi connectivity index (χ2v) is 6.19. The normalized spacial score (nSPS) is 21.4. The lowest BCUT2D eigenvalue weighted by molar-refractivity contribution is -0.142. The van der Waals surface area contributed by atoms with Gasteiger partial charge in [-0.05, 0) is 6.42 Å². The summed E-state index contributed by atoms with van der Waals surface area (Å²) in [7, 11) is 0. The van der Waals surface area contributed by atoms with Gasteiger partial charge < -0.3 is 19.8 Å². The lowest BCUT2D eigenvalue weighted by Gasteiger charge is -2.18. The third-order valence-electron chi connectivity index (χ3n) is 4.15. The molecule has 0 radical (unpaired) electrons. The van der Waals surface area contributed by atoms with Gasteiger partial charge in [-0.25, -0.2) is 4.79 Å². The number of ether oxygens (including phenoxy) is 1. The number of hydrogen-bond acceptors (Lipinski definition) is 6. The van der Waals surface area contributed by atoms with Crippen molar-refractivity contribution in [2.75, 3.05) is 19.7 Å². The molecule has 1 amide bonds. The monoisotopic (exact) mass is 401 g/mol. The minimum atomic E-state index is -3.15. The number of H-pyrrole nitrogens is 1. The maximum Gasteiger partial charge on any atom is 0.330 e. The van der Waals surface area contributed by atoms with E-state index in [1.165, 1.54) is 0 Å². The van der Waals surface area contributed by atoms with Gasteiger partial charge in [0.2, 0.25) is 0 Å². The molecule has 28 heavy (non-hydrogen) atoms. The minimum Gasteiger partial charge on any atom is -0.394 e.